The third-order valence-corrected chi connectivity index (χ3v) is 26.0. The highest BCUT2D eigenvalue weighted by molar-refractivity contribution is 5.78. The molecule has 8 N–H and O–H groups in total. The molecule has 12 heterocycles. The van der Waals surface area contributed by atoms with Crippen molar-refractivity contribution in [2.24, 2.45) is 0 Å². The first-order valence-electron chi connectivity index (χ1n) is 47.4. The third-order valence-electron chi connectivity index (χ3n) is 26.0. The Morgan fingerprint density at radius 2 is 0.693 bits per heavy atom. The molecular formula is C104H112F8N20O8. The number of benzene rings is 8. The maximum atomic E-state index is 13.9. The van der Waals surface area contributed by atoms with Gasteiger partial charge in [-0.1, -0.05) is 91.0 Å². The molecular weight excluding hydrogens is 1810 g/mol. The maximum absolute atomic E-state index is 13.9. The molecule has 4 aliphatic heterocycles. The number of ether oxygens (including phenoxy) is 2. The number of likely N-dealkylation sites (tertiary alicyclic amines) is 4. The number of carbonyl (C=O) groups excluding carboxylic acids is 2. The number of carbonyl (C=O) groups is 2. The van der Waals surface area contributed by atoms with Gasteiger partial charge in [-0.05, 0) is 277 Å². The number of nitrogens with one attached hydrogen (secondary N) is 8. The van der Waals surface area contributed by atoms with Gasteiger partial charge in [-0.2, -0.15) is 31.9 Å². The smallest absolute Gasteiger partial charge is 0.410 e. The second-order valence-electron chi connectivity index (χ2n) is 38.5. The minimum Gasteiger partial charge on any atom is -0.444 e. The van der Waals surface area contributed by atoms with Crippen LogP contribution in [0.25, 0.3) is 67.9 Å². The second-order valence-corrected chi connectivity index (χ2v) is 38.5. The Kier molecular flexibility index (Phi) is 29.0. The number of piperidine rings is 4. The van der Waals surface area contributed by atoms with Crippen molar-refractivity contribution in [1.29, 1.82) is 0 Å². The molecule has 0 spiro atoms. The number of rotatable bonds is 20. The Bertz CT molecular complexity index is 7170. The Labute approximate surface area is 799 Å². The second kappa shape index (κ2) is 41.7. The molecule has 732 valence electrons. The lowest BCUT2D eigenvalue weighted by Crippen LogP contribution is -2.42. The zero-order chi connectivity index (χ0) is 98.4. The molecule has 2 unspecified atom stereocenters. The molecule has 16 aromatic rings. The van der Waals surface area contributed by atoms with Gasteiger partial charge in [0.2, 0.25) is 23.8 Å². The van der Waals surface area contributed by atoms with Crippen LogP contribution in [0.1, 0.15) is 184 Å². The highest BCUT2D eigenvalue weighted by Crippen LogP contribution is 2.37. The quantitative estimate of drug-likeness (QED) is 0.0329. The number of aryl methyl sites for hydroxylation is 3. The molecule has 8 aromatic heterocycles. The molecule has 0 bridgehead atoms. The van der Waals surface area contributed by atoms with E-state index in [1.165, 1.54) is 61.4 Å². The molecule has 0 radical (unpaired) electrons. The number of halogens is 8. The maximum Gasteiger partial charge on any atom is 0.410 e. The molecule has 8 aromatic carbocycles. The fourth-order valence-corrected chi connectivity index (χ4v) is 19.0. The van der Waals surface area contributed by atoms with Gasteiger partial charge in [0, 0.05) is 108 Å². The van der Waals surface area contributed by atoms with E-state index in [1.54, 1.807) is 50.9 Å². The monoisotopic (exact) mass is 1920 g/mol. The lowest BCUT2D eigenvalue weighted by atomic mass is 9.90. The summed E-state index contributed by atoms with van der Waals surface area (Å²) in [6, 6.07) is 52.8. The van der Waals surface area contributed by atoms with Crippen LogP contribution in [0.2, 0.25) is 0 Å². The SMILES string of the molecule is CC(C)(C)OC(=O)N1CCC(c2[nH]n(-c3nc4ccccc4[nH]3)c(=O)c2Cc2ccc(F)c(F)c2)CC1.CC(C)(C)OC(=O)N1CCCC(c2[nH]n(-c3nc4ccccc4[nH]3)c(=O)c2CCc2ccc(F)cc2)C1.CN1CCC(c2[nH]n(-c3nc4ccccc4[nH]3)c(=O)c2CCc2ccc(F)cc2)CC1.O=c1c(CCc2ccc(F)cc2)c(C2CCCN(CC(F)(F)F)C2)[nH]n1-c1nc2ccccc2[nH]1. The predicted octanol–water partition coefficient (Wildman–Crippen LogP) is 18.6. The van der Waals surface area contributed by atoms with Gasteiger partial charge in [0.05, 0.1) is 50.7 Å². The van der Waals surface area contributed by atoms with E-state index in [0.29, 0.717) is 171 Å². The van der Waals surface area contributed by atoms with E-state index in [0.717, 1.165) is 118 Å². The summed E-state index contributed by atoms with van der Waals surface area (Å²) in [5.74, 6) is -1.20. The number of nitrogens with zero attached hydrogens (tertiary/aromatic N) is 12. The summed E-state index contributed by atoms with van der Waals surface area (Å²) in [5, 5.41) is 13.1. The van der Waals surface area contributed by atoms with Crippen LogP contribution in [0.5, 0.6) is 0 Å². The van der Waals surface area contributed by atoms with Gasteiger partial charge in [-0.25, -0.2) is 51.5 Å². The minimum atomic E-state index is -4.28. The van der Waals surface area contributed by atoms with Crippen molar-refractivity contribution >= 4 is 56.3 Å². The van der Waals surface area contributed by atoms with Gasteiger partial charge >= 0.3 is 18.4 Å². The van der Waals surface area contributed by atoms with Crippen LogP contribution in [-0.4, -0.2) is 194 Å². The third kappa shape index (κ3) is 23.3. The van der Waals surface area contributed by atoms with Gasteiger partial charge < -0.3 is 44.1 Å². The zero-order valence-electron chi connectivity index (χ0n) is 78.8. The number of aromatic amines is 8. The van der Waals surface area contributed by atoms with E-state index in [-0.39, 0.29) is 82.6 Å². The highest BCUT2D eigenvalue weighted by Gasteiger charge is 2.38. The predicted molar refractivity (Wildman–Crippen MR) is 518 cm³/mol. The van der Waals surface area contributed by atoms with E-state index in [9.17, 15) is 63.9 Å². The van der Waals surface area contributed by atoms with E-state index in [1.807, 2.05) is 139 Å². The van der Waals surface area contributed by atoms with E-state index >= 15 is 0 Å². The largest absolute Gasteiger partial charge is 0.444 e. The number of aromatic nitrogens is 16. The number of imidazole rings is 4. The molecule has 4 aliphatic rings. The summed E-state index contributed by atoms with van der Waals surface area (Å²) in [4.78, 5) is 118. The average molecular weight is 1920 g/mol. The standard InChI is InChI=1S/C28H32FN5O3.C27H29F2N5O3.C25H25F4N5O.C24H26FN5O/c1-28(2,3)37-27(36)33-16-6-7-19(17-33)24-21(15-12-18-10-13-20(29)14-11-18)25(35)34(32-24)26-30-22-8-4-5-9-23(22)31-26;1-27(2,3)37-26(36)33-12-10-17(11-13-33)23-18(14-16-8-9-19(28)20(29)15-16)24(35)34(32-23)25-30-21-6-4-5-7-22(21)31-25;26-18-10-7-16(8-11-18)9-12-19-22(17-4-3-13-33(14-17)15-25(27,28)29)32-34(23(19)35)24-30-20-5-1-2-6-21(20)31-24;1-29-14-12-17(13-15-29)22-19(11-8-16-6-9-18(25)10-7-16)23(31)30(28-22)24-26-20-4-2-3-5-21(20)27-24/h4-5,8-11,13-14,19,32H,6-7,12,15-17H2,1-3H3,(H,30,31);4-9,15,17,32H,10-14H2,1-3H3,(H,30,31);1-2,5-8,10-11,17,32H,3-4,9,12-15H2,(H,30,31);2-7,9-10,17,28H,8,11-15H2,1H3,(H,26,27). The van der Waals surface area contributed by atoms with Gasteiger partial charge in [-0.15, -0.1) is 0 Å². The molecule has 0 aliphatic carbocycles. The molecule has 4 fully saturated rings. The van der Waals surface area contributed by atoms with Crippen molar-refractivity contribution in [3.05, 3.63) is 326 Å². The lowest BCUT2D eigenvalue weighted by Gasteiger charge is -2.34. The summed E-state index contributed by atoms with van der Waals surface area (Å²) in [5.41, 5.74) is 13.2. The topological polar surface area (TPSA) is 331 Å². The molecule has 36 heteroatoms. The van der Waals surface area contributed by atoms with Crippen LogP contribution in [0.15, 0.2) is 207 Å². The molecule has 0 saturated carbocycles. The van der Waals surface area contributed by atoms with Crippen molar-refractivity contribution in [3.8, 4) is 23.8 Å². The molecule has 2 amide bonds. The van der Waals surface area contributed by atoms with Crippen LogP contribution in [0.3, 0.4) is 0 Å². The molecule has 140 heavy (non-hydrogen) atoms. The van der Waals surface area contributed by atoms with E-state index in [4.69, 9.17) is 9.47 Å². The molecule has 2 atom stereocenters. The Hall–Kier alpha value is -14.4. The van der Waals surface area contributed by atoms with Crippen LogP contribution >= 0.6 is 0 Å². The Morgan fingerprint density at radius 1 is 0.364 bits per heavy atom. The Balaban J connectivity index is 0.000000129. The van der Waals surface area contributed by atoms with Crippen LogP contribution in [0.4, 0.5) is 44.7 Å². The van der Waals surface area contributed by atoms with E-state index < -0.39 is 35.6 Å². The van der Waals surface area contributed by atoms with Crippen molar-refractivity contribution in [3.63, 3.8) is 0 Å². The fourth-order valence-electron chi connectivity index (χ4n) is 19.0. The first-order valence-corrected chi connectivity index (χ1v) is 47.4. The normalized spacial score (nSPS) is 16.1. The fraction of sp³-hybridized carbons (Fsp3) is 0.365. The van der Waals surface area contributed by atoms with Crippen molar-refractivity contribution in [1.82, 2.24) is 98.6 Å². The molecule has 20 rings (SSSR count). The van der Waals surface area contributed by atoms with Crippen molar-refractivity contribution < 1.29 is 54.2 Å². The number of H-pyrrole nitrogens is 8. The first-order chi connectivity index (χ1) is 67.1. The summed E-state index contributed by atoms with van der Waals surface area (Å²) in [6.45, 7) is 14.7. The summed E-state index contributed by atoms with van der Waals surface area (Å²) in [7, 11) is 2.13. The lowest BCUT2D eigenvalue weighted by molar-refractivity contribution is -0.148. The average Bonchev–Trinajstić information content (AvgIpc) is 1.63. The number of hydrogen-bond acceptors (Lipinski definition) is 14. The number of fused-ring (bicyclic) bond motifs is 4. The van der Waals surface area contributed by atoms with Gasteiger partial charge in [-0.3, -0.25) is 44.5 Å². The van der Waals surface area contributed by atoms with Crippen LogP contribution < -0.4 is 22.2 Å². The summed E-state index contributed by atoms with van der Waals surface area (Å²) >= 11 is 0. The number of para-hydroxylation sites is 8. The molecule has 4 saturated heterocycles. The number of amides is 2. The number of hydrogen-bond donors (Lipinski definition) is 8. The van der Waals surface area contributed by atoms with E-state index in [2.05, 4.69) is 72.2 Å². The van der Waals surface area contributed by atoms with Crippen molar-refractivity contribution in [2.75, 3.05) is 66.0 Å². The van der Waals surface area contributed by atoms with Crippen molar-refractivity contribution in [2.45, 2.75) is 179 Å². The van der Waals surface area contributed by atoms with Gasteiger partial charge in [0.15, 0.2) is 11.6 Å². The Morgan fingerprint density at radius 3 is 1.06 bits per heavy atom. The summed E-state index contributed by atoms with van der Waals surface area (Å²) < 4.78 is 123. The molecule has 28 nitrogen and oxygen atoms in total. The van der Waals surface area contributed by atoms with Crippen LogP contribution in [-0.2, 0) is 54.4 Å². The summed E-state index contributed by atoms with van der Waals surface area (Å²) in [6.07, 6.45) is 4.56. The minimum absolute atomic E-state index is 0.0442. The highest BCUT2D eigenvalue weighted by atomic mass is 19.4. The van der Waals surface area contributed by atoms with Gasteiger partial charge in [0.25, 0.3) is 22.2 Å². The van der Waals surface area contributed by atoms with Gasteiger partial charge in [0.1, 0.15) is 28.7 Å². The zero-order valence-corrected chi connectivity index (χ0v) is 78.8. The van der Waals surface area contributed by atoms with Crippen LogP contribution in [0, 0.1) is 29.1 Å². The number of alkyl halides is 3. The first kappa shape index (κ1) is 97.2.